The second kappa shape index (κ2) is 6.92. The van der Waals surface area contributed by atoms with Crippen LogP contribution in [-0.2, 0) is 10.0 Å². The molecule has 0 aromatic heterocycles. The Morgan fingerprint density at radius 1 is 1.31 bits per heavy atom. The Balaban J connectivity index is 2.47. The summed E-state index contributed by atoms with van der Waals surface area (Å²) in [4.78, 5) is 1.84. The van der Waals surface area contributed by atoms with Crippen molar-refractivity contribution in [2.45, 2.75) is 11.4 Å². The molecular formula is C16H16F3N3O3S. The molecule has 0 spiro atoms. The van der Waals surface area contributed by atoms with Gasteiger partial charge in [-0.05, 0) is 12.1 Å². The first kappa shape index (κ1) is 19.7. The van der Waals surface area contributed by atoms with Crippen LogP contribution >= 0.6 is 0 Å². The van der Waals surface area contributed by atoms with E-state index in [0.717, 1.165) is 18.0 Å². The number of hydrogen-bond acceptors (Lipinski definition) is 5. The van der Waals surface area contributed by atoms with Crippen LogP contribution in [0, 0.1) is 11.3 Å². The summed E-state index contributed by atoms with van der Waals surface area (Å²) in [7, 11) is -0.566. The molecule has 1 unspecified atom stereocenters. The Hall–Kier alpha value is -2.67. The molecule has 140 valence electrons. The maximum Gasteiger partial charge on any atom is 0.517 e. The zero-order valence-electron chi connectivity index (χ0n) is 14.1. The Morgan fingerprint density at radius 2 is 1.96 bits per heavy atom. The molecule has 1 atom stereocenters. The minimum Gasteiger partial charge on any atom is -0.496 e. The van der Waals surface area contributed by atoms with Crippen molar-refractivity contribution < 1.29 is 26.3 Å². The molecule has 1 aliphatic heterocycles. The van der Waals surface area contributed by atoms with Crippen molar-refractivity contribution in [2.75, 3.05) is 26.1 Å². The first-order valence-electron chi connectivity index (χ1n) is 7.29. The zero-order chi connectivity index (χ0) is 19.7. The average molecular weight is 387 g/mol. The highest BCUT2D eigenvalue weighted by molar-refractivity contribution is 7.90. The first-order chi connectivity index (χ1) is 12.0. The van der Waals surface area contributed by atoms with Gasteiger partial charge in [0.25, 0.3) is 0 Å². The van der Waals surface area contributed by atoms with E-state index >= 15 is 0 Å². The van der Waals surface area contributed by atoms with Gasteiger partial charge in [-0.25, -0.2) is 4.31 Å². The Labute approximate surface area is 149 Å². The van der Waals surface area contributed by atoms with E-state index in [1.807, 2.05) is 19.0 Å². The van der Waals surface area contributed by atoms with E-state index in [1.54, 1.807) is 18.2 Å². The first-order valence-corrected chi connectivity index (χ1v) is 8.73. The summed E-state index contributed by atoms with van der Waals surface area (Å²) in [6.45, 7) is 0. The number of rotatable bonds is 4. The number of halogens is 3. The highest BCUT2D eigenvalue weighted by Crippen LogP contribution is 2.37. The standard InChI is InChI=1S/C16H16F3N3O3S/c1-21(2)12-4-5-14(15(9-12)25-3)11-6-7-22(13(8-11)10-20)26(23,24)16(17,18)19/h4-9,11H,1-3H3. The zero-order valence-corrected chi connectivity index (χ0v) is 15.0. The molecule has 10 heteroatoms. The van der Waals surface area contributed by atoms with Crippen LogP contribution in [-0.4, -0.2) is 39.4 Å². The maximum absolute atomic E-state index is 12.8. The summed E-state index contributed by atoms with van der Waals surface area (Å²) in [5, 5.41) is 9.14. The number of anilines is 1. The fourth-order valence-electron chi connectivity index (χ4n) is 2.40. The van der Waals surface area contributed by atoms with E-state index in [-0.39, 0.29) is 4.31 Å². The van der Waals surface area contributed by atoms with Crippen molar-refractivity contribution >= 4 is 15.7 Å². The van der Waals surface area contributed by atoms with E-state index in [4.69, 9.17) is 10.00 Å². The molecule has 0 aliphatic carbocycles. The smallest absolute Gasteiger partial charge is 0.496 e. The molecule has 0 N–H and O–H groups in total. The van der Waals surface area contributed by atoms with Crippen molar-refractivity contribution in [3.63, 3.8) is 0 Å². The predicted octanol–water partition coefficient (Wildman–Crippen LogP) is 2.93. The summed E-state index contributed by atoms with van der Waals surface area (Å²) in [5.74, 6) is -0.151. The number of nitrogens with zero attached hydrogens (tertiary/aromatic N) is 3. The summed E-state index contributed by atoms with van der Waals surface area (Å²) < 4.78 is 66.7. The van der Waals surface area contributed by atoms with Crippen LogP contribution in [0.4, 0.5) is 18.9 Å². The summed E-state index contributed by atoms with van der Waals surface area (Å²) in [6, 6.07) is 6.74. The van der Waals surface area contributed by atoms with Crippen molar-refractivity contribution in [1.29, 1.82) is 5.26 Å². The van der Waals surface area contributed by atoms with Crippen LogP contribution in [0.3, 0.4) is 0 Å². The fourth-order valence-corrected chi connectivity index (χ4v) is 3.22. The number of benzene rings is 1. The van der Waals surface area contributed by atoms with Gasteiger partial charge >= 0.3 is 15.5 Å². The summed E-state index contributed by atoms with van der Waals surface area (Å²) >= 11 is 0. The van der Waals surface area contributed by atoms with E-state index in [2.05, 4.69) is 0 Å². The molecule has 26 heavy (non-hydrogen) atoms. The number of hydrogen-bond donors (Lipinski definition) is 0. The van der Waals surface area contributed by atoms with Gasteiger partial charge in [0.15, 0.2) is 0 Å². The van der Waals surface area contributed by atoms with Gasteiger partial charge in [0.05, 0.1) is 7.11 Å². The van der Waals surface area contributed by atoms with Gasteiger partial charge in [-0.2, -0.15) is 26.9 Å². The van der Waals surface area contributed by atoms with Crippen LogP contribution in [0.5, 0.6) is 5.75 Å². The van der Waals surface area contributed by atoms with Gasteiger partial charge in [-0.3, -0.25) is 0 Å². The van der Waals surface area contributed by atoms with Gasteiger partial charge < -0.3 is 9.64 Å². The Morgan fingerprint density at radius 3 is 2.46 bits per heavy atom. The van der Waals surface area contributed by atoms with E-state index in [0.29, 0.717) is 11.3 Å². The summed E-state index contributed by atoms with van der Waals surface area (Å²) in [6.07, 6.45) is 3.15. The van der Waals surface area contributed by atoms with Gasteiger partial charge in [0, 0.05) is 43.5 Å². The van der Waals surface area contributed by atoms with Crippen molar-refractivity contribution in [3.8, 4) is 11.8 Å². The number of methoxy groups -OCH3 is 1. The lowest BCUT2D eigenvalue weighted by atomic mass is 9.95. The molecule has 0 saturated heterocycles. The quantitative estimate of drug-likeness (QED) is 0.794. The lowest BCUT2D eigenvalue weighted by Gasteiger charge is -2.26. The minimum atomic E-state index is -5.68. The Kier molecular flexibility index (Phi) is 5.23. The van der Waals surface area contributed by atoms with Crippen LogP contribution in [0.15, 0.2) is 42.2 Å². The third-order valence-electron chi connectivity index (χ3n) is 3.76. The molecule has 2 rings (SSSR count). The molecular weight excluding hydrogens is 371 g/mol. The van der Waals surface area contributed by atoms with Crippen LogP contribution < -0.4 is 9.64 Å². The second-order valence-corrected chi connectivity index (χ2v) is 7.40. The fraction of sp³-hybridized carbons (Fsp3) is 0.312. The molecule has 0 fully saturated rings. The van der Waals surface area contributed by atoms with Crippen LogP contribution in [0.1, 0.15) is 11.5 Å². The molecule has 0 bridgehead atoms. The maximum atomic E-state index is 12.8. The van der Waals surface area contributed by atoms with Crippen LogP contribution in [0.2, 0.25) is 0 Å². The molecule has 1 aliphatic rings. The number of allylic oxidation sites excluding steroid dienone is 3. The SMILES string of the molecule is COc1cc(N(C)C)ccc1C1C=CN(S(=O)(=O)C(F)(F)F)C(C#N)=C1. The third-order valence-corrected chi connectivity index (χ3v) is 5.18. The van der Waals surface area contributed by atoms with Crippen molar-refractivity contribution in [2.24, 2.45) is 0 Å². The third kappa shape index (κ3) is 3.48. The van der Waals surface area contributed by atoms with Crippen molar-refractivity contribution in [1.82, 2.24) is 4.31 Å². The van der Waals surface area contributed by atoms with Crippen molar-refractivity contribution in [3.05, 3.63) is 47.8 Å². The molecule has 1 heterocycles. The lowest BCUT2D eigenvalue weighted by molar-refractivity contribution is -0.0470. The lowest BCUT2D eigenvalue weighted by Crippen LogP contribution is -2.37. The number of sulfonamides is 1. The van der Waals surface area contributed by atoms with Crippen LogP contribution in [0.25, 0.3) is 0 Å². The molecule has 0 amide bonds. The number of alkyl halides is 3. The van der Waals surface area contributed by atoms with Gasteiger partial charge in [-0.15, -0.1) is 0 Å². The number of nitriles is 1. The molecule has 6 nitrogen and oxygen atoms in total. The monoisotopic (exact) mass is 387 g/mol. The highest BCUT2D eigenvalue weighted by atomic mass is 32.2. The molecule has 1 aromatic carbocycles. The molecule has 0 radical (unpaired) electrons. The topological polar surface area (TPSA) is 73.6 Å². The minimum absolute atomic E-state index is 0.0653. The molecule has 0 saturated carbocycles. The predicted molar refractivity (Wildman–Crippen MR) is 89.7 cm³/mol. The van der Waals surface area contributed by atoms with E-state index in [1.165, 1.54) is 19.3 Å². The highest BCUT2D eigenvalue weighted by Gasteiger charge is 2.51. The number of ether oxygens (including phenoxy) is 1. The van der Waals surface area contributed by atoms with Gasteiger partial charge in [0.2, 0.25) is 0 Å². The van der Waals surface area contributed by atoms with Gasteiger partial charge in [0.1, 0.15) is 17.5 Å². The average Bonchev–Trinajstić information content (AvgIpc) is 2.59. The van der Waals surface area contributed by atoms with E-state index in [9.17, 15) is 21.6 Å². The normalized spacial score (nSPS) is 17.5. The summed E-state index contributed by atoms with van der Waals surface area (Å²) in [5.41, 5.74) is -4.71. The van der Waals surface area contributed by atoms with Gasteiger partial charge in [-0.1, -0.05) is 12.1 Å². The molecule has 1 aromatic rings. The van der Waals surface area contributed by atoms with E-state index < -0.39 is 27.1 Å². The second-order valence-electron chi connectivity index (χ2n) is 5.60. The largest absolute Gasteiger partial charge is 0.517 e. The Bertz CT molecular complexity index is 900.